The Morgan fingerprint density at radius 2 is 1.70 bits per heavy atom. The van der Waals surface area contributed by atoms with Crippen LogP contribution in [0.4, 0.5) is 5.69 Å². The van der Waals surface area contributed by atoms with Crippen molar-refractivity contribution in [3.8, 4) is 23.0 Å². The van der Waals surface area contributed by atoms with E-state index in [4.69, 9.17) is 5.73 Å². The number of benzene rings is 3. The smallest absolute Gasteiger partial charge is 0.296 e. The number of nitrogens with two attached hydrogens (primary N) is 1. The summed E-state index contributed by atoms with van der Waals surface area (Å²) in [6.07, 6.45) is 0.525. The first kappa shape index (κ1) is 23.8. The third kappa shape index (κ3) is 5.21. The quantitative estimate of drug-likeness (QED) is 0.293. The van der Waals surface area contributed by atoms with E-state index in [-0.39, 0.29) is 31.3 Å². The molecule has 8 heteroatoms. The third-order valence-electron chi connectivity index (χ3n) is 6.49. The van der Waals surface area contributed by atoms with Gasteiger partial charge in [0.25, 0.3) is 11.8 Å². The van der Waals surface area contributed by atoms with E-state index in [1.165, 1.54) is 4.90 Å². The second kappa shape index (κ2) is 9.99. The number of hydrogen-bond donors (Lipinski definition) is 3. The van der Waals surface area contributed by atoms with Gasteiger partial charge in [-0.25, -0.2) is 0 Å². The molecular weight excluding hydrogens is 468 g/mol. The Bertz CT molecular complexity index is 1470. The average Bonchev–Trinajstić information content (AvgIpc) is 3.22. The van der Waals surface area contributed by atoms with Gasteiger partial charge in [-0.05, 0) is 59.0 Å². The molecule has 5 rings (SSSR count). The first-order valence-corrected chi connectivity index (χ1v) is 11.9. The molecule has 3 aromatic rings. The Morgan fingerprint density at radius 1 is 1.00 bits per heavy atom. The molecule has 4 N–H and O–H groups in total. The van der Waals surface area contributed by atoms with Gasteiger partial charge >= 0.3 is 0 Å². The molecule has 0 saturated carbocycles. The Hall–Kier alpha value is -4.90. The summed E-state index contributed by atoms with van der Waals surface area (Å²) in [7, 11) is 0. The molecular formula is C29H24N4O4. The topological polar surface area (TPSA) is 122 Å². The van der Waals surface area contributed by atoms with Crippen LogP contribution in [0.3, 0.4) is 0 Å². The highest BCUT2D eigenvalue weighted by atomic mass is 16.2. The molecule has 0 aliphatic carbocycles. The SMILES string of the molecule is Nc1ccc(-c2ccc(C#CC(=O)NCc3ccc4c(c3)CN(C3CCC(=O)NC3=O)C4=O)cc2)cc1. The van der Waals surface area contributed by atoms with Gasteiger partial charge in [0.1, 0.15) is 6.04 Å². The van der Waals surface area contributed by atoms with E-state index in [1.807, 2.05) is 54.6 Å². The van der Waals surface area contributed by atoms with Crippen molar-refractivity contribution >= 4 is 29.3 Å². The minimum absolute atomic E-state index is 0.210. The highest BCUT2D eigenvalue weighted by Gasteiger charge is 2.39. The zero-order valence-electron chi connectivity index (χ0n) is 19.9. The predicted molar refractivity (Wildman–Crippen MR) is 138 cm³/mol. The van der Waals surface area contributed by atoms with E-state index in [0.29, 0.717) is 17.7 Å². The number of nitrogens with zero attached hydrogens (tertiary/aromatic N) is 1. The molecule has 2 heterocycles. The highest BCUT2D eigenvalue weighted by Crippen LogP contribution is 2.28. The summed E-state index contributed by atoms with van der Waals surface area (Å²) < 4.78 is 0. The summed E-state index contributed by atoms with van der Waals surface area (Å²) in [5.41, 5.74) is 11.4. The molecule has 0 spiro atoms. The molecule has 0 aromatic heterocycles. The van der Waals surface area contributed by atoms with Crippen LogP contribution in [0.1, 0.15) is 39.9 Å². The molecule has 37 heavy (non-hydrogen) atoms. The maximum absolute atomic E-state index is 12.8. The van der Waals surface area contributed by atoms with E-state index in [0.717, 1.165) is 27.8 Å². The van der Waals surface area contributed by atoms with E-state index in [9.17, 15) is 19.2 Å². The van der Waals surface area contributed by atoms with Gasteiger partial charge < -0.3 is 16.0 Å². The molecule has 1 atom stereocenters. The Labute approximate surface area is 213 Å². The van der Waals surface area contributed by atoms with Crippen molar-refractivity contribution in [3.63, 3.8) is 0 Å². The van der Waals surface area contributed by atoms with Crippen LogP contribution in [0, 0.1) is 11.8 Å². The van der Waals surface area contributed by atoms with Crippen LogP contribution in [-0.2, 0) is 27.5 Å². The van der Waals surface area contributed by atoms with Gasteiger partial charge in [0, 0.05) is 42.2 Å². The molecule has 0 radical (unpaired) electrons. The molecule has 1 unspecified atom stereocenters. The third-order valence-corrected chi connectivity index (χ3v) is 6.49. The molecule has 8 nitrogen and oxygen atoms in total. The number of rotatable bonds is 4. The van der Waals surface area contributed by atoms with Crippen molar-refractivity contribution < 1.29 is 19.2 Å². The van der Waals surface area contributed by atoms with Crippen molar-refractivity contribution in [1.82, 2.24) is 15.5 Å². The number of anilines is 1. The largest absolute Gasteiger partial charge is 0.399 e. The fourth-order valence-electron chi connectivity index (χ4n) is 4.51. The molecule has 1 fully saturated rings. The lowest BCUT2D eigenvalue weighted by Crippen LogP contribution is -2.52. The zero-order chi connectivity index (χ0) is 25.9. The van der Waals surface area contributed by atoms with E-state index in [1.54, 1.807) is 12.1 Å². The number of nitrogen functional groups attached to an aromatic ring is 1. The molecule has 4 amide bonds. The van der Waals surface area contributed by atoms with Crippen molar-refractivity contribution in [2.45, 2.75) is 32.0 Å². The summed E-state index contributed by atoms with van der Waals surface area (Å²) in [5, 5.41) is 5.07. The Balaban J connectivity index is 1.18. The number of hydrogen-bond acceptors (Lipinski definition) is 5. The van der Waals surface area contributed by atoms with Gasteiger partial charge in [-0.2, -0.15) is 0 Å². The molecule has 184 valence electrons. The molecule has 0 bridgehead atoms. The van der Waals surface area contributed by atoms with Gasteiger partial charge in [-0.15, -0.1) is 0 Å². The number of piperidine rings is 1. The molecule has 1 saturated heterocycles. The number of nitrogens with one attached hydrogen (secondary N) is 2. The molecule has 2 aliphatic rings. The fourth-order valence-corrected chi connectivity index (χ4v) is 4.51. The average molecular weight is 493 g/mol. The number of imide groups is 1. The monoisotopic (exact) mass is 492 g/mol. The van der Waals surface area contributed by atoms with Crippen LogP contribution in [0.25, 0.3) is 11.1 Å². The lowest BCUT2D eigenvalue weighted by atomic mass is 10.0. The second-order valence-corrected chi connectivity index (χ2v) is 9.02. The van der Waals surface area contributed by atoms with Gasteiger partial charge in [0.05, 0.1) is 0 Å². The van der Waals surface area contributed by atoms with E-state index in [2.05, 4.69) is 22.5 Å². The van der Waals surface area contributed by atoms with Crippen LogP contribution < -0.4 is 16.4 Å². The lowest BCUT2D eigenvalue weighted by molar-refractivity contribution is -0.137. The summed E-state index contributed by atoms with van der Waals surface area (Å²) in [6.45, 7) is 0.540. The first-order chi connectivity index (χ1) is 17.9. The maximum atomic E-state index is 12.8. The van der Waals surface area contributed by atoms with Crippen LogP contribution >= 0.6 is 0 Å². The highest BCUT2D eigenvalue weighted by molar-refractivity contribution is 6.05. The lowest BCUT2D eigenvalue weighted by Gasteiger charge is -2.29. The molecule has 3 aromatic carbocycles. The maximum Gasteiger partial charge on any atom is 0.296 e. The summed E-state index contributed by atoms with van der Waals surface area (Å²) in [5.74, 6) is 4.07. The first-order valence-electron chi connectivity index (χ1n) is 11.9. The minimum atomic E-state index is -0.656. The Morgan fingerprint density at radius 3 is 2.41 bits per heavy atom. The predicted octanol–water partition coefficient (Wildman–Crippen LogP) is 2.36. The number of carbonyl (C=O) groups is 4. The van der Waals surface area contributed by atoms with Crippen molar-refractivity contribution in [2.75, 3.05) is 5.73 Å². The van der Waals surface area contributed by atoms with E-state index < -0.39 is 17.9 Å². The van der Waals surface area contributed by atoms with Gasteiger partial charge in [0.2, 0.25) is 11.8 Å². The van der Waals surface area contributed by atoms with Crippen LogP contribution in [0.15, 0.2) is 66.7 Å². The summed E-state index contributed by atoms with van der Waals surface area (Å²) in [4.78, 5) is 50.2. The van der Waals surface area contributed by atoms with Crippen molar-refractivity contribution in [2.24, 2.45) is 0 Å². The summed E-state index contributed by atoms with van der Waals surface area (Å²) >= 11 is 0. The molecule has 2 aliphatic heterocycles. The van der Waals surface area contributed by atoms with Crippen LogP contribution in [-0.4, -0.2) is 34.6 Å². The number of amides is 4. The fraction of sp³-hybridized carbons (Fsp3) is 0.172. The van der Waals surface area contributed by atoms with Crippen molar-refractivity contribution in [1.29, 1.82) is 0 Å². The standard InChI is InChI=1S/C29H24N4O4/c30-23-9-7-21(8-10-23)20-5-1-18(2-6-20)4-13-26(34)31-16-19-3-11-24-22(15-19)17-33(29(24)37)25-12-14-27(35)32-28(25)36/h1-3,5-11,15,25H,12,14,16-17,30H2,(H,31,34)(H,32,35,36). The zero-order valence-corrected chi connectivity index (χ0v) is 19.9. The van der Waals surface area contributed by atoms with Gasteiger partial charge in [-0.1, -0.05) is 42.3 Å². The van der Waals surface area contributed by atoms with Crippen LogP contribution in [0.2, 0.25) is 0 Å². The van der Waals surface area contributed by atoms with E-state index >= 15 is 0 Å². The normalized spacial score (nSPS) is 16.5. The second-order valence-electron chi connectivity index (χ2n) is 9.02. The van der Waals surface area contributed by atoms with Crippen LogP contribution in [0.5, 0.6) is 0 Å². The minimum Gasteiger partial charge on any atom is -0.399 e. The number of fused-ring (bicyclic) bond motifs is 1. The van der Waals surface area contributed by atoms with Crippen molar-refractivity contribution in [3.05, 3.63) is 89.0 Å². The van der Waals surface area contributed by atoms with Gasteiger partial charge in [0.15, 0.2) is 0 Å². The Kier molecular flexibility index (Phi) is 6.43. The van der Waals surface area contributed by atoms with Gasteiger partial charge in [-0.3, -0.25) is 24.5 Å². The number of carbonyl (C=O) groups excluding carboxylic acids is 4. The summed E-state index contributed by atoms with van der Waals surface area (Å²) in [6, 6.07) is 19.9.